The fourth-order valence-corrected chi connectivity index (χ4v) is 2.21. The number of aromatic nitrogens is 1. The molecule has 1 aromatic heterocycles. The molecule has 0 spiro atoms. The van der Waals surface area contributed by atoms with Crippen molar-refractivity contribution in [3.63, 3.8) is 0 Å². The zero-order valence-electron chi connectivity index (χ0n) is 9.06. The van der Waals surface area contributed by atoms with Gasteiger partial charge in [-0.3, -0.25) is 0 Å². The van der Waals surface area contributed by atoms with Gasteiger partial charge in [-0.05, 0) is 24.8 Å². The first-order valence-electron chi connectivity index (χ1n) is 5.47. The van der Waals surface area contributed by atoms with Crippen LogP contribution in [0.25, 0.3) is 0 Å². The third-order valence-electron chi connectivity index (χ3n) is 3.03. The molecule has 0 aliphatic carbocycles. The van der Waals surface area contributed by atoms with E-state index in [2.05, 4.69) is 9.88 Å². The van der Waals surface area contributed by atoms with Crippen LogP contribution in [0.1, 0.15) is 12.8 Å². The van der Waals surface area contributed by atoms with Gasteiger partial charge in [-0.15, -0.1) is 0 Å². The van der Waals surface area contributed by atoms with Crippen LogP contribution in [-0.2, 0) is 0 Å². The lowest BCUT2D eigenvalue weighted by molar-refractivity contribution is 0.203. The Morgan fingerprint density at radius 2 is 2.19 bits per heavy atom. The minimum absolute atomic E-state index is 0.275. The molecule has 1 aliphatic heterocycles. The predicted octanol–water partition coefficient (Wildman–Crippen LogP) is 1.53. The van der Waals surface area contributed by atoms with Gasteiger partial charge < -0.3 is 15.7 Å². The summed E-state index contributed by atoms with van der Waals surface area (Å²) in [6, 6.07) is 1.72. The molecule has 1 fully saturated rings. The zero-order valence-corrected chi connectivity index (χ0v) is 9.82. The van der Waals surface area contributed by atoms with E-state index in [0.29, 0.717) is 16.6 Å². The maximum Gasteiger partial charge on any atom is 0.151 e. The minimum atomic E-state index is 0.275. The van der Waals surface area contributed by atoms with Crippen LogP contribution in [0.3, 0.4) is 0 Å². The van der Waals surface area contributed by atoms with Crippen molar-refractivity contribution in [2.24, 2.45) is 5.92 Å². The van der Waals surface area contributed by atoms with E-state index in [1.165, 1.54) is 0 Å². The Kier molecular flexibility index (Phi) is 3.51. The van der Waals surface area contributed by atoms with Crippen molar-refractivity contribution >= 4 is 23.1 Å². The quantitative estimate of drug-likeness (QED) is 0.824. The Labute approximate surface area is 100 Å². The summed E-state index contributed by atoms with van der Waals surface area (Å²) >= 11 is 5.81. The molecule has 1 aromatic rings. The van der Waals surface area contributed by atoms with Gasteiger partial charge in [-0.2, -0.15) is 0 Å². The molecule has 3 N–H and O–H groups in total. The van der Waals surface area contributed by atoms with Crippen molar-refractivity contribution in [3.05, 3.63) is 17.3 Å². The molecule has 88 valence electrons. The van der Waals surface area contributed by atoms with Gasteiger partial charge >= 0.3 is 0 Å². The van der Waals surface area contributed by atoms with Crippen LogP contribution in [0, 0.1) is 5.92 Å². The minimum Gasteiger partial charge on any atom is -0.396 e. The number of pyridine rings is 1. The van der Waals surface area contributed by atoms with E-state index >= 15 is 0 Å². The van der Waals surface area contributed by atoms with Gasteiger partial charge in [0.15, 0.2) is 5.82 Å². The van der Waals surface area contributed by atoms with Gasteiger partial charge in [0.2, 0.25) is 0 Å². The van der Waals surface area contributed by atoms with Gasteiger partial charge in [0, 0.05) is 25.9 Å². The second kappa shape index (κ2) is 4.89. The van der Waals surface area contributed by atoms with E-state index in [1.807, 2.05) is 0 Å². The van der Waals surface area contributed by atoms with E-state index < -0.39 is 0 Å². The van der Waals surface area contributed by atoms with Crippen molar-refractivity contribution in [1.29, 1.82) is 0 Å². The summed E-state index contributed by atoms with van der Waals surface area (Å²) in [6.07, 6.45) is 3.59. The molecule has 0 atom stereocenters. The monoisotopic (exact) mass is 241 g/mol. The number of nitrogens with zero attached hydrogens (tertiary/aromatic N) is 2. The molecule has 5 heteroatoms. The van der Waals surface area contributed by atoms with E-state index in [9.17, 15) is 0 Å². The van der Waals surface area contributed by atoms with Crippen LogP contribution in [-0.4, -0.2) is 29.8 Å². The number of aliphatic hydroxyl groups excluding tert-OH is 1. The van der Waals surface area contributed by atoms with Gasteiger partial charge in [0.05, 0.1) is 10.7 Å². The summed E-state index contributed by atoms with van der Waals surface area (Å²) < 4.78 is 0. The van der Waals surface area contributed by atoms with Crippen LogP contribution in [0.15, 0.2) is 12.3 Å². The Hall–Kier alpha value is -1.00. The number of halogens is 1. The van der Waals surface area contributed by atoms with Crippen LogP contribution in [0.2, 0.25) is 5.02 Å². The summed E-state index contributed by atoms with van der Waals surface area (Å²) in [5.41, 5.74) is 6.50. The van der Waals surface area contributed by atoms with E-state index in [-0.39, 0.29) is 6.61 Å². The Bertz CT molecular complexity index is 364. The van der Waals surface area contributed by atoms with Gasteiger partial charge in [0.25, 0.3) is 0 Å². The normalized spacial score (nSPS) is 17.8. The smallest absolute Gasteiger partial charge is 0.151 e. The third-order valence-corrected chi connectivity index (χ3v) is 3.24. The third kappa shape index (κ3) is 2.39. The predicted molar refractivity (Wildman–Crippen MR) is 65.7 cm³/mol. The number of anilines is 2. The molecule has 16 heavy (non-hydrogen) atoms. The average Bonchev–Trinajstić information content (AvgIpc) is 2.29. The standard InChI is InChI=1S/C11H16ClN3O/c12-9-5-10(13)11(14-6-9)15-3-1-8(7-16)2-4-15/h5-6,8,16H,1-4,7,13H2. The molecule has 0 saturated carbocycles. The highest BCUT2D eigenvalue weighted by Gasteiger charge is 2.20. The lowest BCUT2D eigenvalue weighted by Crippen LogP contribution is -2.35. The number of hydrogen-bond acceptors (Lipinski definition) is 4. The second-order valence-electron chi connectivity index (χ2n) is 4.18. The fraction of sp³-hybridized carbons (Fsp3) is 0.545. The average molecular weight is 242 g/mol. The van der Waals surface area contributed by atoms with E-state index in [4.69, 9.17) is 22.4 Å². The molecule has 2 heterocycles. The van der Waals surface area contributed by atoms with Crippen molar-refractivity contribution in [2.45, 2.75) is 12.8 Å². The largest absolute Gasteiger partial charge is 0.396 e. The molecule has 1 aliphatic rings. The Morgan fingerprint density at radius 3 is 2.75 bits per heavy atom. The topological polar surface area (TPSA) is 62.4 Å². The number of piperidine rings is 1. The number of nitrogen functional groups attached to an aromatic ring is 1. The van der Waals surface area contributed by atoms with Crippen molar-refractivity contribution < 1.29 is 5.11 Å². The van der Waals surface area contributed by atoms with Crippen LogP contribution < -0.4 is 10.6 Å². The molecule has 0 unspecified atom stereocenters. The maximum atomic E-state index is 9.06. The van der Waals surface area contributed by atoms with E-state index in [0.717, 1.165) is 31.7 Å². The highest BCUT2D eigenvalue weighted by Crippen LogP contribution is 2.27. The summed E-state index contributed by atoms with van der Waals surface area (Å²) in [5, 5.41) is 9.62. The molecule has 0 amide bonds. The highest BCUT2D eigenvalue weighted by atomic mass is 35.5. The number of rotatable bonds is 2. The maximum absolute atomic E-state index is 9.06. The number of nitrogens with two attached hydrogens (primary N) is 1. The van der Waals surface area contributed by atoms with Gasteiger partial charge in [0.1, 0.15) is 0 Å². The SMILES string of the molecule is Nc1cc(Cl)cnc1N1CCC(CO)CC1. The summed E-state index contributed by atoms with van der Waals surface area (Å²) in [4.78, 5) is 6.41. The summed E-state index contributed by atoms with van der Waals surface area (Å²) in [7, 11) is 0. The first-order valence-corrected chi connectivity index (χ1v) is 5.85. The van der Waals surface area contributed by atoms with Crippen LogP contribution in [0.4, 0.5) is 11.5 Å². The van der Waals surface area contributed by atoms with Gasteiger partial charge in [-0.25, -0.2) is 4.98 Å². The van der Waals surface area contributed by atoms with Crippen molar-refractivity contribution in [1.82, 2.24) is 4.98 Å². The highest BCUT2D eigenvalue weighted by molar-refractivity contribution is 6.30. The molecule has 4 nitrogen and oxygen atoms in total. The Morgan fingerprint density at radius 1 is 1.50 bits per heavy atom. The fourth-order valence-electron chi connectivity index (χ4n) is 2.04. The molecule has 1 saturated heterocycles. The first-order chi connectivity index (χ1) is 7.70. The molecule has 0 radical (unpaired) electrons. The zero-order chi connectivity index (χ0) is 11.5. The molecule has 0 aromatic carbocycles. The second-order valence-corrected chi connectivity index (χ2v) is 4.62. The Balaban J connectivity index is 2.08. The summed E-state index contributed by atoms with van der Waals surface area (Å²) in [5.74, 6) is 1.23. The lowest BCUT2D eigenvalue weighted by Gasteiger charge is -2.32. The van der Waals surface area contributed by atoms with Crippen LogP contribution >= 0.6 is 11.6 Å². The molecular weight excluding hydrogens is 226 g/mol. The lowest BCUT2D eigenvalue weighted by atomic mass is 9.98. The first kappa shape index (κ1) is 11.5. The molecule has 2 rings (SSSR count). The van der Waals surface area contributed by atoms with Crippen LogP contribution in [0.5, 0.6) is 0 Å². The van der Waals surface area contributed by atoms with Gasteiger partial charge in [-0.1, -0.05) is 11.6 Å². The number of hydrogen-bond donors (Lipinski definition) is 2. The van der Waals surface area contributed by atoms with E-state index in [1.54, 1.807) is 12.3 Å². The molecule has 0 bridgehead atoms. The van der Waals surface area contributed by atoms with Crippen molar-refractivity contribution in [2.75, 3.05) is 30.3 Å². The molecular formula is C11H16ClN3O. The summed E-state index contributed by atoms with van der Waals surface area (Å²) in [6.45, 7) is 2.06. The number of aliphatic hydroxyl groups is 1. The van der Waals surface area contributed by atoms with Crippen molar-refractivity contribution in [3.8, 4) is 0 Å².